The van der Waals surface area contributed by atoms with Crippen LogP contribution in [-0.2, 0) is 0 Å². The Labute approximate surface area is 184 Å². The first-order valence-corrected chi connectivity index (χ1v) is 10.0. The molecule has 1 saturated carbocycles. The number of hydrogen-bond donors (Lipinski definition) is 4. The number of phenols is 1. The summed E-state index contributed by atoms with van der Waals surface area (Å²) in [6.45, 7) is 6.19. The Morgan fingerprint density at radius 2 is 1.82 bits per heavy atom. The molecular weight excluding hydrogens is 469 g/mol. The number of aromatic hydroxyl groups is 1. The van der Waals surface area contributed by atoms with Gasteiger partial charge in [0.05, 0.1) is 6.54 Å². The molecule has 0 bridgehead atoms. The van der Waals surface area contributed by atoms with Gasteiger partial charge in [0.1, 0.15) is 5.75 Å². The van der Waals surface area contributed by atoms with Crippen molar-refractivity contribution in [2.75, 3.05) is 32.7 Å². The Kier molecular flexibility index (Phi) is 9.30. The van der Waals surface area contributed by atoms with Gasteiger partial charge in [0.25, 0.3) is 5.91 Å². The number of likely N-dealkylation sites (tertiary alicyclic amines) is 1. The highest BCUT2D eigenvalue weighted by molar-refractivity contribution is 14.0. The van der Waals surface area contributed by atoms with Gasteiger partial charge in [0.2, 0.25) is 0 Å². The molecule has 1 aromatic rings. The van der Waals surface area contributed by atoms with E-state index < -0.39 is 0 Å². The summed E-state index contributed by atoms with van der Waals surface area (Å²) in [5.41, 5.74) is 0.532. The first-order chi connectivity index (χ1) is 13.2. The maximum atomic E-state index is 12.1. The van der Waals surface area contributed by atoms with E-state index in [9.17, 15) is 9.90 Å². The lowest BCUT2D eigenvalue weighted by Gasteiger charge is -2.33. The number of aliphatic imine (C=N–C) groups is 1. The highest BCUT2D eigenvalue weighted by Crippen LogP contribution is 2.29. The van der Waals surface area contributed by atoms with Crippen LogP contribution in [0.5, 0.6) is 5.75 Å². The molecule has 1 aliphatic carbocycles. The molecule has 28 heavy (non-hydrogen) atoms. The molecule has 1 amide bonds. The Morgan fingerprint density at radius 3 is 2.43 bits per heavy atom. The molecular formula is C20H32IN5O2. The van der Waals surface area contributed by atoms with E-state index in [1.807, 2.05) is 0 Å². The van der Waals surface area contributed by atoms with Gasteiger partial charge in [-0.25, -0.2) is 0 Å². The van der Waals surface area contributed by atoms with Crippen LogP contribution in [-0.4, -0.2) is 66.7 Å². The van der Waals surface area contributed by atoms with Gasteiger partial charge < -0.3 is 26.0 Å². The van der Waals surface area contributed by atoms with Crippen molar-refractivity contribution in [3.63, 3.8) is 0 Å². The van der Waals surface area contributed by atoms with Crippen molar-refractivity contribution in [2.45, 2.75) is 44.7 Å². The third kappa shape index (κ3) is 7.12. The summed E-state index contributed by atoms with van der Waals surface area (Å²) < 4.78 is 0. The van der Waals surface area contributed by atoms with Crippen LogP contribution in [0.2, 0.25) is 0 Å². The minimum Gasteiger partial charge on any atom is -0.508 e. The van der Waals surface area contributed by atoms with Crippen molar-refractivity contribution >= 4 is 35.8 Å². The quantitative estimate of drug-likeness (QED) is 0.199. The van der Waals surface area contributed by atoms with Crippen molar-refractivity contribution in [1.82, 2.24) is 20.9 Å². The number of halogens is 1. The van der Waals surface area contributed by atoms with Crippen LogP contribution in [0.15, 0.2) is 29.3 Å². The molecule has 0 radical (unpaired) electrons. The standard InChI is InChI=1S/C20H31N5O2.HI/c1-2-21-20(24-16-9-13-25(14-10-16)17-5-6-17)23-12-11-22-19(27)15-3-7-18(26)8-4-15;/h3-4,7-8,16-17,26H,2,5-6,9-14H2,1H3,(H,22,27)(H2,21,23,24);1H. The third-order valence-corrected chi connectivity index (χ3v) is 5.07. The molecule has 2 aliphatic rings. The molecule has 3 rings (SSSR count). The van der Waals surface area contributed by atoms with E-state index in [4.69, 9.17) is 0 Å². The first-order valence-electron chi connectivity index (χ1n) is 10.0. The Balaban J connectivity index is 0.00000280. The lowest BCUT2D eigenvalue weighted by molar-refractivity contribution is 0.0955. The summed E-state index contributed by atoms with van der Waals surface area (Å²) in [5, 5.41) is 19.0. The summed E-state index contributed by atoms with van der Waals surface area (Å²) in [6.07, 6.45) is 5.05. The van der Waals surface area contributed by atoms with Crippen LogP contribution in [0.25, 0.3) is 0 Å². The lowest BCUT2D eigenvalue weighted by Crippen LogP contribution is -2.49. The summed E-state index contributed by atoms with van der Waals surface area (Å²) in [7, 11) is 0. The summed E-state index contributed by atoms with van der Waals surface area (Å²) in [4.78, 5) is 19.2. The van der Waals surface area contributed by atoms with E-state index in [2.05, 4.69) is 32.8 Å². The zero-order valence-corrected chi connectivity index (χ0v) is 18.8. The van der Waals surface area contributed by atoms with Gasteiger partial charge in [-0.2, -0.15) is 0 Å². The molecule has 7 nitrogen and oxygen atoms in total. The van der Waals surface area contributed by atoms with Gasteiger partial charge in [-0.3, -0.25) is 9.79 Å². The molecule has 1 heterocycles. The van der Waals surface area contributed by atoms with Crippen molar-refractivity contribution in [1.29, 1.82) is 0 Å². The Morgan fingerprint density at radius 1 is 1.14 bits per heavy atom. The van der Waals surface area contributed by atoms with Crippen molar-refractivity contribution < 1.29 is 9.90 Å². The zero-order valence-electron chi connectivity index (χ0n) is 16.5. The maximum Gasteiger partial charge on any atom is 0.251 e. The largest absolute Gasteiger partial charge is 0.508 e. The number of guanidine groups is 1. The highest BCUT2D eigenvalue weighted by atomic mass is 127. The molecule has 8 heteroatoms. The van der Waals surface area contributed by atoms with Gasteiger partial charge in [0.15, 0.2) is 5.96 Å². The molecule has 156 valence electrons. The van der Waals surface area contributed by atoms with Gasteiger partial charge in [0, 0.05) is 43.8 Å². The number of benzene rings is 1. The summed E-state index contributed by atoms with van der Waals surface area (Å²) >= 11 is 0. The maximum absolute atomic E-state index is 12.1. The van der Waals surface area contributed by atoms with Crippen LogP contribution >= 0.6 is 24.0 Å². The Hall–Kier alpha value is -1.55. The number of rotatable bonds is 7. The van der Waals surface area contributed by atoms with Crippen LogP contribution in [0.3, 0.4) is 0 Å². The summed E-state index contributed by atoms with van der Waals surface area (Å²) in [6, 6.07) is 7.54. The van der Waals surface area contributed by atoms with E-state index >= 15 is 0 Å². The van der Waals surface area contributed by atoms with Gasteiger partial charge in [-0.15, -0.1) is 24.0 Å². The van der Waals surface area contributed by atoms with E-state index in [0.717, 1.165) is 31.4 Å². The molecule has 1 aliphatic heterocycles. The van der Waals surface area contributed by atoms with Crippen molar-refractivity contribution in [3.05, 3.63) is 29.8 Å². The lowest BCUT2D eigenvalue weighted by atomic mass is 10.1. The minimum absolute atomic E-state index is 0. The number of nitrogens with zero attached hydrogens (tertiary/aromatic N) is 2. The second kappa shape index (κ2) is 11.5. The third-order valence-electron chi connectivity index (χ3n) is 5.07. The van der Waals surface area contributed by atoms with Crippen LogP contribution in [0, 0.1) is 0 Å². The molecule has 4 N–H and O–H groups in total. The first kappa shape index (κ1) is 22.7. The molecule has 0 aromatic heterocycles. The average molecular weight is 501 g/mol. The highest BCUT2D eigenvalue weighted by Gasteiger charge is 2.31. The smallest absolute Gasteiger partial charge is 0.251 e. The second-order valence-electron chi connectivity index (χ2n) is 7.25. The molecule has 2 fully saturated rings. The monoisotopic (exact) mass is 501 g/mol. The van der Waals surface area contributed by atoms with Crippen molar-refractivity contribution in [2.24, 2.45) is 4.99 Å². The number of hydrogen-bond acceptors (Lipinski definition) is 4. The normalized spacial score (nSPS) is 18.2. The topological polar surface area (TPSA) is 89.0 Å². The molecule has 0 unspecified atom stereocenters. The fourth-order valence-electron chi connectivity index (χ4n) is 3.41. The predicted octanol–water partition coefficient (Wildman–Crippen LogP) is 1.92. The minimum atomic E-state index is -0.157. The zero-order chi connectivity index (χ0) is 19.1. The number of amides is 1. The number of carbonyl (C=O) groups excluding carboxylic acids is 1. The van der Waals surface area contributed by atoms with E-state index in [1.165, 1.54) is 38.1 Å². The Bertz CT molecular complexity index is 641. The summed E-state index contributed by atoms with van der Waals surface area (Å²) in [5.74, 6) is 0.817. The molecule has 0 atom stereocenters. The van der Waals surface area contributed by atoms with Crippen LogP contribution < -0.4 is 16.0 Å². The fraction of sp³-hybridized carbons (Fsp3) is 0.600. The number of carbonyl (C=O) groups is 1. The van der Waals surface area contributed by atoms with Gasteiger partial charge >= 0.3 is 0 Å². The van der Waals surface area contributed by atoms with E-state index in [-0.39, 0.29) is 35.6 Å². The molecule has 1 saturated heterocycles. The van der Waals surface area contributed by atoms with Crippen LogP contribution in [0.4, 0.5) is 0 Å². The predicted molar refractivity (Wildman–Crippen MR) is 123 cm³/mol. The van der Waals surface area contributed by atoms with Gasteiger partial charge in [-0.1, -0.05) is 0 Å². The van der Waals surface area contributed by atoms with E-state index in [0.29, 0.717) is 24.7 Å². The fourth-order valence-corrected chi connectivity index (χ4v) is 3.41. The number of nitrogens with one attached hydrogen (secondary N) is 3. The number of piperidine rings is 1. The number of phenolic OH excluding ortho intramolecular Hbond substituents is 1. The van der Waals surface area contributed by atoms with Crippen molar-refractivity contribution in [3.8, 4) is 5.75 Å². The average Bonchev–Trinajstić information content (AvgIpc) is 3.51. The van der Waals surface area contributed by atoms with Gasteiger partial charge in [-0.05, 0) is 56.9 Å². The molecule has 1 aromatic carbocycles. The van der Waals surface area contributed by atoms with Crippen LogP contribution in [0.1, 0.15) is 43.0 Å². The molecule has 0 spiro atoms. The van der Waals surface area contributed by atoms with E-state index in [1.54, 1.807) is 12.1 Å². The second-order valence-corrected chi connectivity index (χ2v) is 7.25. The SMILES string of the molecule is CCNC(=NCCNC(=O)c1ccc(O)cc1)NC1CCN(C2CC2)CC1.I.